The third-order valence-corrected chi connectivity index (χ3v) is 4.15. The lowest BCUT2D eigenvalue weighted by molar-refractivity contribution is -0.144. The molecule has 0 radical (unpaired) electrons. The molecule has 0 aromatic heterocycles. The van der Waals surface area contributed by atoms with E-state index >= 15 is 0 Å². The van der Waals surface area contributed by atoms with E-state index in [1.807, 2.05) is 12.1 Å². The molecule has 0 saturated carbocycles. The second kappa shape index (κ2) is 7.88. The van der Waals surface area contributed by atoms with Gasteiger partial charge in [0.05, 0.1) is 0 Å². The van der Waals surface area contributed by atoms with Crippen LogP contribution in [0.3, 0.4) is 0 Å². The van der Waals surface area contributed by atoms with Crippen molar-refractivity contribution >= 4 is 5.97 Å². The molecule has 0 aliphatic heterocycles. The van der Waals surface area contributed by atoms with Crippen LogP contribution in [0.5, 0.6) is 17.2 Å². The van der Waals surface area contributed by atoms with Crippen molar-refractivity contribution in [2.75, 3.05) is 0 Å². The third kappa shape index (κ3) is 3.91. The van der Waals surface area contributed by atoms with Crippen LogP contribution in [-0.2, 0) is 4.79 Å². The first-order valence-electron chi connectivity index (χ1n) is 8.19. The quantitative estimate of drug-likeness (QED) is 0.365. The van der Waals surface area contributed by atoms with Gasteiger partial charge < -0.3 is 20.1 Å². The Kier molecular flexibility index (Phi) is 5.38. The maximum atomic E-state index is 13.2. The molecular formula is C21H17FO5. The van der Waals surface area contributed by atoms with Crippen LogP contribution in [0.2, 0.25) is 0 Å². The van der Waals surface area contributed by atoms with Crippen molar-refractivity contribution < 1.29 is 29.2 Å². The van der Waals surface area contributed by atoms with Gasteiger partial charge in [-0.15, -0.1) is 0 Å². The number of aliphatic hydroxyl groups excluding tert-OH is 1. The molecule has 0 saturated heterocycles. The smallest absolute Gasteiger partial charge is 0.341 e. The van der Waals surface area contributed by atoms with Gasteiger partial charge in [-0.05, 0) is 23.3 Å². The van der Waals surface area contributed by atoms with E-state index in [-0.39, 0.29) is 0 Å². The number of benzene rings is 3. The highest BCUT2D eigenvalue weighted by molar-refractivity contribution is 5.80. The first-order chi connectivity index (χ1) is 13.0. The zero-order valence-corrected chi connectivity index (χ0v) is 14.1. The summed E-state index contributed by atoms with van der Waals surface area (Å²) in [5.41, 5.74) is 1.39. The Labute approximate surface area is 154 Å². The average Bonchev–Trinajstić information content (AvgIpc) is 2.70. The molecule has 0 bridgehead atoms. The summed E-state index contributed by atoms with van der Waals surface area (Å²) in [6.07, 6.45) is -1.60. The third-order valence-electron chi connectivity index (χ3n) is 4.15. The van der Waals surface area contributed by atoms with Crippen LogP contribution in [0, 0.1) is 5.82 Å². The second-order valence-corrected chi connectivity index (χ2v) is 5.91. The monoisotopic (exact) mass is 368 g/mol. The molecule has 27 heavy (non-hydrogen) atoms. The van der Waals surface area contributed by atoms with Gasteiger partial charge in [0.15, 0.2) is 23.4 Å². The molecule has 0 amide bonds. The molecule has 3 aromatic rings. The number of aliphatic hydroxyl groups is 1. The second-order valence-electron chi connectivity index (χ2n) is 5.91. The molecule has 0 heterocycles. The number of carbonyl (C=O) groups excluding carboxylic acids is 1. The number of hydrogen-bond acceptors (Lipinski definition) is 5. The first-order valence-corrected chi connectivity index (χ1v) is 8.19. The lowest BCUT2D eigenvalue weighted by Crippen LogP contribution is -2.32. The van der Waals surface area contributed by atoms with Crippen LogP contribution in [0.15, 0.2) is 72.8 Å². The van der Waals surface area contributed by atoms with Crippen LogP contribution in [0.4, 0.5) is 4.39 Å². The van der Waals surface area contributed by atoms with Crippen LogP contribution in [0.25, 0.3) is 0 Å². The van der Waals surface area contributed by atoms with E-state index in [4.69, 9.17) is 4.74 Å². The number of halogens is 1. The molecule has 0 aliphatic rings. The average molecular weight is 368 g/mol. The van der Waals surface area contributed by atoms with Crippen molar-refractivity contribution in [2.45, 2.75) is 12.0 Å². The van der Waals surface area contributed by atoms with Gasteiger partial charge in [-0.2, -0.15) is 0 Å². The number of phenols is 2. The molecule has 1 atom stereocenters. The van der Waals surface area contributed by atoms with Gasteiger partial charge in [0.2, 0.25) is 5.75 Å². The minimum absolute atomic E-state index is 0.446. The topological polar surface area (TPSA) is 87.0 Å². The predicted molar refractivity (Wildman–Crippen MR) is 96.1 cm³/mol. The van der Waals surface area contributed by atoms with Gasteiger partial charge >= 0.3 is 5.97 Å². The highest BCUT2D eigenvalue weighted by Gasteiger charge is 2.31. The van der Waals surface area contributed by atoms with E-state index < -0.39 is 41.1 Å². The molecule has 3 rings (SSSR count). The summed E-state index contributed by atoms with van der Waals surface area (Å²) in [6.45, 7) is 0. The molecule has 1 unspecified atom stereocenters. The number of hydrogen-bond donors (Lipinski definition) is 3. The number of rotatable bonds is 5. The Hall–Kier alpha value is -3.38. The van der Waals surface area contributed by atoms with Gasteiger partial charge in [0.1, 0.15) is 0 Å². The molecular weight excluding hydrogens is 351 g/mol. The molecule has 0 aliphatic carbocycles. The van der Waals surface area contributed by atoms with Crippen LogP contribution in [0.1, 0.15) is 17.0 Å². The highest BCUT2D eigenvalue weighted by Crippen LogP contribution is 2.38. The number of carbonyl (C=O) groups is 1. The highest BCUT2D eigenvalue weighted by atomic mass is 19.1. The van der Waals surface area contributed by atoms with E-state index in [1.165, 1.54) is 0 Å². The Balaban J connectivity index is 1.91. The summed E-state index contributed by atoms with van der Waals surface area (Å²) < 4.78 is 18.2. The van der Waals surface area contributed by atoms with Crippen molar-refractivity contribution in [1.29, 1.82) is 0 Å². The Morgan fingerprint density at radius 1 is 0.815 bits per heavy atom. The largest absolute Gasteiger partial charge is 0.502 e. The fraction of sp³-hybridized carbons (Fsp3) is 0.0952. The SMILES string of the molecule is O=C(Oc1ccc(F)c(O)c1O)C(O)C(c1ccccc1)c1ccccc1. The molecule has 6 heteroatoms. The summed E-state index contributed by atoms with van der Waals surface area (Å²) in [6, 6.07) is 19.7. The Morgan fingerprint density at radius 2 is 1.33 bits per heavy atom. The summed E-state index contributed by atoms with van der Waals surface area (Å²) in [7, 11) is 0. The summed E-state index contributed by atoms with van der Waals surface area (Å²) in [5.74, 6) is -5.20. The lowest BCUT2D eigenvalue weighted by Gasteiger charge is -2.23. The van der Waals surface area contributed by atoms with Gasteiger partial charge in [-0.25, -0.2) is 9.18 Å². The van der Waals surface area contributed by atoms with E-state index in [9.17, 15) is 24.5 Å². The van der Waals surface area contributed by atoms with Crippen molar-refractivity contribution in [3.8, 4) is 17.2 Å². The molecule has 3 aromatic carbocycles. The number of esters is 1. The van der Waals surface area contributed by atoms with Crippen molar-refractivity contribution in [2.24, 2.45) is 0 Å². The molecule has 0 fully saturated rings. The van der Waals surface area contributed by atoms with E-state index in [0.29, 0.717) is 11.1 Å². The summed E-state index contributed by atoms with van der Waals surface area (Å²) in [4.78, 5) is 12.5. The maximum absolute atomic E-state index is 13.2. The van der Waals surface area contributed by atoms with E-state index in [0.717, 1.165) is 12.1 Å². The Bertz CT molecular complexity index is 889. The maximum Gasteiger partial charge on any atom is 0.341 e. The van der Waals surface area contributed by atoms with Crippen LogP contribution < -0.4 is 4.74 Å². The minimum atomic E-state index is -1.60. The standard InChI is InChI=1S/C21H17FO5/c22-15-11-12-16(19(24)18(15)23)27-21(26)20(25)17(13-7-3-1-4-8-13)14-9-5-2-6-10-14/h1-12,17,20,23-25H. The van der Waals surface area contributed by atoms with Gasteiger partial charge in [0.25, 0.3) is 0 Å². The number of phenolic OH excluding ortho intramolecular Hbond substituents is 2. The van der Waals surface area contributed by atoms with Crippen molar-refractivity contribution in [3.05, 3.63) is 89.7 Å². The number of ether oxygens (including phenoxy) is 1. The fourth-order valence-corrected chi connectivity index (χ4v) is 2.80. The zero-order valence-electron chi connectivity index (χ0n) is 14.1. The van der Waals surface area contributed by atoms with Crippen LogP contribution in [-0.4, -0.2) is 27.4 Å². The normalized spacial score (nSPS) is 12.0. The van der Waals surface area contributed by atoms with Gasteiger partial charge in [-0.1, -0.05) is 60.7 Å². The predicted octanol–water partition coefficient (Wildman–Crippen LogP) is 3.34. The first kappa shape index (κ1) is 18.4. The summed E-state index contributed by atoms with van der Waals surface area (Å²) in [5, 5.41) is 29.8. The van der Waals surface area contributed by atoms with Gasteiger partial charge in [0, 0.05) is 5.92 Å². The summed E-state index contributed by atoms with van der Waals surface area (Å²) >= 11 is 0. The molecule has 0 spiro atoms. The molecule has 5 nitrogen and oxygen atoms in total. The van der Waals surface area contributed by atoms with Gasteiger partial charge in [-0.3, -0.25) is 0 Å². The fourth-order valence-electron chi connectivity index (χ4n) is 2.80. The van der Waals surface area contributed by atoms with E-state index in [2.05, 4.69) is 0 Å². The van der Waals surface area contributed by atoms with Crippen molar-refractivity contribution in [3.63, 3.8) is 0 Å². The molecule has 3 N–H and O–H groups in total. The Morgan fingerprint density at radius 3 is 1.85 bits per heavy atom. The zero-order chi connectivity index (χ0) is 19.4. The minimum Gasteiger partial charge on any atom is -0.502 e. The van der Waals surface area contributed by atoms with E-state index in [1.54, 1.807) is 48.5 Å². The lowest BCUT2D eigenvalue weighted by atomic mass is 9.86. The molecule has 138 valence electrons. The number of aromatic hydroxyl groups is 2. The van der Waals surface area contributed by atoms with Crippen LogP contribution >= 0.6 is 0 Å². The van der Waals surface area contributed by atoms with Crippen molar-refractivity contribution in [1.82, 2.24) is 0 Å².